The van der Waals surface area contributed by atoms with Crippen LogP contribution in [0, 0.1) is 5.92 Å². The fourth-order valence-corrected chi connectivity index (χ4v) is 2.38. The third-order valence-corrected chi connectivity index (χ3v) is 3.63. The average molecular weight is 282 g/mol. The molecule has 0 saturated carbocycles. The summed E-state index contributed by atoms with van der Waals surface area (Å²) in [7, 11) is 0.118. The second kappa shape index (κ2) is 11.3. The molecule has 0 fully saturated rings. The van der Waals surface area contributed by atoms with Gasteiger partial charge < -0.3 is 9.05 Å². The Morgan fingerprint density at radius 2 is 1.63 bits per heavy atom. The maximum atomic E-state index is 5.49. The lowest BCUT2D eigenvalue weighted by Crippen LogP contribution is -1.90. The molecule has 0 spiro atoms. The van der Waals surface area contributed by atoms with E-state index in [-0.39, 0.29) is 9.03 Å². The first-order chi connectivity index (χ1) is 9.29. The highest BCUT2D eigenvalue weighted by atomic mass is 31.1. The molecule has 0 bridgehead atoms. The van der Waals surface area contributed by atoms with Gasteiger partial charge >= 0.3 is 0 Å². The highest BCUT2D eigenvalue weighted by Gasteiger charge is 1.96. The van der Waals surface area contributed by atoms with Crippen molar-refractivity contribution in [1.29, 1.82) is 0 Å². The fourth-order valence-electron chi connectivity index (χ4n) is 1.86. The van der Waals surface area contributed by atoms with Crippen LogP contribution in [0.4, 0.5) is 0 Å². The smallest absolute Gasteiger partial charge is 0.215 e. The Labute approximate surface area is 119 Å². The fraction of sp³-hybridized carbons (Fsp3) is 0.625. The van der Waals surface area contributed by atoms with Crippen LogP contribution >= 0.6 is 9.03 Å². The van der Waals surface area contributed by atoms with E-state index in [4.69, 9.17) is 9.05 Å². The summed E-state index contributed by atoms with van der Waals surface area (Å²) in [5.74, 6) is 1.73. The minimum Gasteiger partial charge on any atom is -0.450 e. The molecule has 1 rings (SSSR count). The molecular weight excluding hydrogens is 255 g/mol. The molecule has 0 aliphatic carbocycles. The van der Waals surface area contributed by atoms with Crippen LogP contribution in [0.2, 0.25) is 0 Å². The first-order valence-corrected chi connectivity index (χ1v) is 8.19. The van der Waals surface area contributed by atoms with Crippen LogP contribution in [-0.2, 0) is 4.52 Å². The Balaban J connectivity index is 1.81. The first kappa shape index (κ1) is 16.5. The van der Waals surface area contributed by atoms with Gasteiger partial charge in [0.05, 0.1) is 6.61 Å². The number of benzene rings is 1. The predicted molar refractivity (Wildman–Crippen MR) is 83.9 cm³/mol. The van der Waals surface area contributed by atoms with Crippen LogP contribution in [0.15, 0.2) is 30.3 Å². The zero-order chi connectivity index (χ0) is 13.8. The molecule has 19 heavy (non-hydrogen) atoms. The van der Waals surface area contributed by atoms with Crippen LogP contribution < -0.4 is 4.52 Å². The van der Waals surface area contributed by atoms with E-state index in [2.05, 4.69) is 13.8 Å². The standard InChI is InChI=1S/C16H27O2P/c1-15(2)11-7-4-3-5-10-14-17-19-18-16-12-8-6-9-13-16/h6,8-9,12-13,15,19H,3-5,7,10-11,14H2,1-2H3. The van der Waals surface area contributed by atoms with E-state index in [1.54, 1.807) is 0 Å². The Bertz CT molecular complexity index is 301. The molecule has 1 atom stereocenters. The molecule has 108 valence electrons. The number of para-hydroxylation sites is 1. The lowest BCUT2D eigenvalue weighted by molar-refractivity contribution is 0.316. The molecule has 1 aromatic carbocycles. The molecule has 3 heteroatoms. The van der Waals surface area contributed by atoms with Gasteiger partial charge in [0.25, 0.3) is 0 Å². The molecule has 0 amide bonds. The normalized spacial score (nSPS) is 11.5. The molecule has 0 radical (unpaired) electrons. The minimum absolute atomic E-state index is 0.118. The van der Waals surface area contributed by atoms with Crippen molar-refractivity contribution in [3.8, 4) is 5.75 Å². The minimum atomic E-state index is 0.118. The van der Waals surface area contributed by atoms with E-state index in [1.807, 2.05) is 30.3 Å². The summed E-state index contributed by atoms with van der Waals surface area (Å²) in [5.41, 5.74) is 0. The lowest BCUT2D eigenvalue weighted by Gasteiger charge is -2.06. The Morgan fingerprint density at radius 1 is 0.947 bits per heavy atom. The zero-order valence-electron chi connectivity index (χ0n) is 12.2. The van der Waals surface area contributed by atoms with Gasteiger partial charge in [-0.05, 0) is 24.5 Å². The Morgan fingerprint density at radius 3 is 2.37 bits per heavy atom. The summed E-state index contributed by atoms with van der Waals surface area (Å²) < 4.78 is 11.0. The molecule has 1 aromatic rings. The van der Waals surface area contributed by atoms with Crippen LogP contribution in [0.5, 0.6) is 5.75 Å². The quantitative estimate of drug-likeness (QED) is 0.389. The van der Waals surface area contributed by atoms with Crippen molar-refractivity contribution in [3.05, 3.63) is 30.3 Å². The van der Waals surface area contributed by atoms with Gasteiger partial charge in [-0.3, -0.25) is 0 Å². The summed E-state index contributed by atoms with van der Waals surface area (Å²) >= 11 is 0. The molecule has 0 saturated heterocycles. The Kier molecular flexibility index (Phi) is 9.75. The second-order valence-electron chi connectivity index (χ2n) is 5.30. The van der Waals surface area contributed by atoms with Crippen molar-refractivity contribution in [2.45, 2.75) is 52.4 Å². The Hall–Kier alpha value is -0.590. The summed E-state index contributed by atoms with van der Waals surface area (Å²) in [6.07, 6.45) is 7.85. The largest absolute Gasteiger partial charge is 0.450 e. The van der Waals surface area contributed by atoms with E-state index >= 15 is 0 Å². The van der Waals surface area contributed by atoms with Gasteiger partial charge in [-0.15, -0.1) is 0 Å². The van der Waals surface area contributed by atoms with Gasteiger partial charge in [0.2, 0.25) is 9.03 Å². The monoisotopic (exact) mass is 282 g/mol. The molecule has 1 unspecified atom stereocenters. The summed E-state index contributed by atoms with van der Waals surface area (Å²) in [5, 5.41) is 0. The molecule has 0 aliphatic heterocycles. The van der Waals surface area contributed by atoms with Gasteiger partial charge in [-0.25, -0.2) is 0 Å². The van der Waals surface area contributed by atoms with Crippen LogP contribution in [0.1, 0.15) is 52.4 Å². The van der Waals surface area contributed by atoms with Gasteiger partial charge in [0, 0.05) is 0 Å². The second-order valence-corrected chi connectivity index (χ2v) is 5.96. The predicted octanol–water partition coefficient (Wildman–Crippen LogP) is 5.59. The highest BCUT2D eigenvalue weighted by molar-refractivity contribution is 7.26. The number of hydrogen-bond acceptors (Lipinski definition) is 2. The molecule has 2 nitrogen and oxygen atoms in total. The summed E-state index contributed by atoms with van der Waals surface area (Å²) in [6, 6.07) is 9.82. The van der Waals surface area contributed by atoms with Crippen LogP contribution in [0.25, 0.3) is 0 Å². The van der Waals surface area contributed by atoms with E-state index in [0.29, 0.717) is 0 Å². The van der Waals surface area contributed by atoms with Crippen molar-refractivity contribution >= 4 is 9.03 Å². The van der Waals surface area contributed by atoms with Crippen molar-refractivity contribution in [2.24, 2.45) is 5.92 Å². The number of unbranched alkanes of at least 4 members (excludes halogenated alkanes) is 4. The third kappa shape index (κ3) is 9.92. The maximum Gasteiger partial charge on any atom is 0.215 e. The van der Waals surface area contributed by atoms with Crippen LogP contribution in [-0.4, -0.2) is 6.61 Å². The van der Waals surface area contributed by atoms with E-state index in [0.717, 1.165) is 24.7 Å². The van der Waals surface area contributed by atoms with Gasteiger partial charge in [0.1, 0.15) is 5.75 Å². The van der Waals surface area contributed by atoms with Crippen molar-refractivity contribution in [1.82, 2.24) is 0 Å². The number of rotatable bonds is 11. The van der Waals surface area contributed by atoms with Gasteiger partial charge in [-0.2, -0.15) is 0 Å². The molecular formula is C16H27O2P. The van der Waals surface area contributed by atoms with E-state index in [9.17, 15) is 0 Å². The zero-order valence-corrected chi connectivity index (χ0v) is 13.2. The van der Waals surface area contributed by atoms with E-state index < -0.39 is 0 Å². The molecule has 0 aromatic heterocycles. The van der Waals surface area contributed by atoms with Gasteiger partial charge in [-0.1, -0.05) is 64.2 Å². The van der Waals surface area contributed by atoms with Crippen molar-refractivity contribution in [3.63, 3.8) is 0 Å². The summed E-state index contributed by atoms with van der Waals surface area (Å²) in [4.78, 5) is 0. The molecule has 0 aliphatic rings. The third-order valence-electron chi connectivity index (χ3n) is 2.99. The van der Waals surface area contributed by atoms with Gasteiger partial charge in [0.15, 0.2) is 0 Å². The molecule has 0 N–H and O–H groups in total. The average Bonchev–Trinajstić information content (AvgIpc) is 2.42. The van der Waals surface area contributed by atoms with E-state index in [1.165, 1.54) is 32.1 Å². The SMILES string of the molecule is CC(C)CCCCCCCOPOc1ccccc1. The highest BCUT2D eigenvalue weighted by Crippen LogP contribution is 2.21. The van der Waals surface area contributed by atoms with Crippen molar-refractivity contribution < 1.29 is 9.05 Å². The first-order valence-electron chi connectivity index (χ1n) is 7.37. The van der Waals surface area contributed by atoms with Crippen molar-refractivity contribution in [2.75, 3.05) is 6.61 Å². The topological polar surface area (TPSA) is 18.5 Å². The lowest BCUT2D eigenvalue weighted by atomic mass is 10.0. The maximum absolute atomic E-state index is 5.49. The van der Waals surface area contributed by atoms with Crippen LogP contribution in [0.3, 0.4) is 0 Å². The number of hydrogen-bond donors (Lipinski definition) is 0. The molecule has 0 heterocycles. The summed E-state index contributed by atoms with van der Waals surface area (Å²) in [6.45, 7) is 5.40.